The van der Waals surface area contributed by atoms with Gasteiger partial charge in [-0.1, -0.05) is 6.07 Å². The number of hydrogen-bond acceptors (Lipinski definition) is 4. The van der Waals surface area contributed by atoms with E-state index < -0.39 is 6.10 Å². The predicted octanol–water partition coefficient (Wildman–Crippen LogP) is 3.61. The molecule has 0 aromatic heterocycles. The number of anilines is 1. The van der Waals surface area contributed by atoms with E-state index in [2.05, 4.69) is 5.32 Å². The second kappa shape index (κ2) is 7.64. The van der Waals surface area contributed by atoms with Crippen molar-refractivity contribution in [3.05, 3.63) is 53.6 Å². The van der Waals surface area contributed by atoms with Gasteiger partial charge < -0.3 is 14.8 Å². The van der Waals surface area contributed by atoms with Gasteiger partial charge in [-0.25, -0.2) is 0 Å². The molecule has 0 aliphatic heterocycles. The molecule has 2 rings (SSSR count). The molecule has 2 aromatic rings. The van der Waals surface area contributed by atoms with E-state index in [0.29, 0.717) is 22.7 Å². The van der Waals surface area contributed by atoms with E-state index in [4.69, 9.17) is 9.47 Å². The Labute approximate surface area is 141 Å². The second-order valence-electron chi connectivity index (χ2n) is 5.54. The Bertz CT molecular complexity index is 738. The van der Waals surface area contributed by atoms with Crippen LogP contribution in [0.25, 0.3) is 0 Å². The lowest BCUT2D eigenvalue weighted by atomic mass is 10.1. The highest BCUT2D eigenvalue weighted by Gasteiger charge is 2.17. The summed E-state index contributed by atoms with van der Waals surface area (Å²) in [4.78, 5) is 23.5. The van der Waals surface area contributed by atoms with Crippen molar-refractivity contribution in [2.75, 3.05) is 12.4 Å². The van der Waals surface area contributed by atoms with Crippen LogP contribution in [0.1, 0.15) is 29.8 Å². The number of amides is 1. The monoisotopic (exact) mass is 327 g/mol. The number of carbonyl (C=O) groups excluding carboxylic acids is 2. The number of ketones is 1. The van der Waals surface area contributed by atoms with Crippen LogP contribution in [0, 0.1) is 6.92 Å². The molecule has 0 unspecified atom stereocenters. The zero-order chi connectivity index (χ0) is 17.7. The Morgan fingerprint density at radius 2 is 1.71 bits per heavy atom. The molecular formula is C19H21NO4. The summed E-state index contributed by atoms with van der Waals surface area (Å²) in [6.45, 7) is 5.12. The third-order valence-corrected chi connectivity index (χ3v) is 3.55. The maximum absolute atomic E-state index is 12.3. The van der Waals surface area contributed by atoms with Crippen molar-refractivity contribution in [2.24, 2.45) is 0 Å². The summed E-state index contributed by atoms with van der Waals surface area (Å²) in [5, 5.41) is 2.76. The highest BCUT2D eigenvalue weighted by atomic mass is 16.5. The Balaban J connectivity index is 2.03. The molecule has 0 saturated carbocycles. The van der Waals surface area contributed by atoms with Crippen LogP contribution in [0.15, 0.2) is 42.5 Å². The predicted molar refractivity (Wildman–Crippen MR) is 92.9 cm³/mol. The van der Waals surface area contributed by atoms with E-state index in [1.807, 2.05) is 19.1 Å². The van der Waals surface area contributed by atoms with Gasteiger partial charge in [0.05, 0.1) is 7.11 Å². The van der Waals surface area contributed by atoms with Crippen LogP contribution in [0.3, 0.4) is 0 Å². The summed E-state index contributed by atoms with van der Waals surface area (Å²) in [5.41, 5.74) is 2.25. The smallest absolute Gasteiger partial charge is 0.265 e. The molecule has 0 aliphatic carbocycles. The van der Waals surface area contributed by atoms with Gasteiger partial charge in [0, 0.05) is 11.3 Å². The summed E-state index contributed by atoms with van der Waals surface area (Å²) in [7, 11) is 1.56. The quantitative estimate of drug-likeness (QED) is 0.823. The Kier molecular flexibility index (Phi) is 5.58. The van der Waals surface area contributed by atoms with Crippen LogP contribution in [0.5, 0.6) is 11.5 Å². The molecule has 1 atom stereocenters. The largest absolute Gasteiger partial charge is 0.493 e. The number of Topliss-reactive ketones (excluding diaryl/α,β-unsaturated/α-hetero) is 1. The fraction of sp³-hybridized carbons (Fsp3) is 0.263. The minimum atomic E-state index is -0.700. The zero-order valence-corrected chi connectivity index (χ0v) is 14.3. The maximum Gasteiger partial charge on any atom is 0.265 e. The number of carbonyl (C=O) groups is 2. The summed E-state index contributed by atoms with van der Waals surface area (Å²) in [5.74, 6) is 0.794. The summed E-state index contributed by atoms with van der Waals surface area (Å²) < 4.78 is 11.0. The first-order chi connectivity index (χ1) is 11.4. The minimum absolute atomic E-state index is 0.0176. The number of benzene rings is 2. The van der Waals surface area contributed by atoms with Crippen molar-refractivity contribution in [1.82, 2.24) is 0 Å². The van der Waals surface area contributed by atoms with Gasteiger partial charge in [0.25, 0.3) is 5.91 Å². The van der Waals surface area contributed by atoms with Crippen molar-refractivity contribution in [3.63, 3.8) is 0 Å². The molecule has 0 aliphatic rings. The molecule has 0 heterocycles. The fourth-order valence-electron chi connectivity index (χ4n) is 2.15. The number of rotatable bonds is 6. The molecule has 0 radical (unpaired) electrons. The Morgan fingerprint density at radius 1 is 1.04 bits per heavy atom. The van der Waals surface area contributed by atoms with Gasteiger partial charge in [0.15, 0.2) is 23.4 Å². The van der Waals surface area contributed by atoms with Crippen LogP contribution >= 0.6 is 0 Å². The topological polar surface area (TPSA) is 64.6 Å². The average molecular weight is 327 g/mol. The van der Waals surface area contributed by atoms with Crippen molar-refractivity contribution in [2.45, 2.75) is 26.9 Å². The normalized spacial score (nSPS) is 11.5. The lowest BCUT2D eigenvalue weighted by molar-refractivity contribution is -0.122. The third-order valence-electron chi connectivity index (χ3n) is 3.55. The molecule has 0 fully saturated rings. The van der Waals surface area contributed by atoms with Crippen LogP contribution in [-0.4, -0.2) is 24.9 Å². The molecule has 0 bridgehead atoms. The van der Waals surface area contributed by atoms with Gasteiger partial charge in [-0.2, -0.15) is 0 Å². The second-order valence-corrected chi connectivity index (χ2v) is 5.54. The molecule has 126 valence electrons. The molecule has 2 aromatic carbocycles. The fourth-order valence-corrected chi connectivity index (χ4v) is 2.15. The van der Waals surface area contributed by atoms with Gasteiger partial charge in [-0.3, -0.25) is 9.59 Å². The first kappa shape index (κ1) is 17.5. The minimum Gasteiger partial charge on any atom is -0.493 e. The molecule has 24 heavy (non-hydrogen) atoms. The summed E-state index contributed by atoms with van der Waals surface area (Å²) in [6.07, 6.45) is -0.700. The number of nitrogens with one attached hydrogen (secondary N) is 1. The maximum atomic E-state index is 12.3. The first-order valence-corrected chi connectivity index (χ1v) is 7.64. The van der Waals surface area contributed by atoms with E-state index in [9.17, 15) is 9.59 Å². The highest BCUT2D eigenvalue weighted by molar-refractivity contribution is 5.96. The molecule has 5 heteroatoms. The van der Waals surface area contributed by atoms with E-state index >= 15 is 0 Å². The van der Waals surface area contributed by atoms with Crippen LogP contribution < -0.4 is 14.8 Å². The third kappa shape index (κ3) is 4.35. The molecule has 0 spiro atoms. The first-order valence-electron chi connectivity index (χ1n) is 7.64. The number of hydrogen-bond donors (Lipinski definition) is 1. The summed E-state index contributed by atoms with van der Waals surface area (Å²) >= 11 is 0. The van der Waals surface area contributed by atoms with Crippen molar-refractivity contribution in [1.29, 1.82) is 0 Å². The number of aryl methyl sites for hydroxylation is 1. The van der Waals surface area contributed by atoms with E-state index in [-0.39, 0.29) is 11.7 Å². The van der Waals surface area contributed by atoms with Gasteiger partial charge >= 0.3 is 0 Å². The lowest BCUT2D eigenvalue weighted by Gasteiger charge is -2.17. The van der Waals surface area contributed by atoms with Crippen molar-refractivity contribution in [3.8, 4) is 11.5 Å². The Hall–Kier alpha value is -2.82. The Morgan fingerprint density at radius 3 is 2.29 bits per heavy atom. The average Bonchev–Trinajstić information content (AvgIpc) is 2.56. The molecule has 0 saturated heterocycles. The number of methoxy groups -OCH3 is 1. The van der Waals surface area contributed by atoms with Crippen LogP contribution in [-0.2, 0) is 4.79 Å². The molecule has 5 nitrogen and oxygen atoms in total. The van der Waals surface area contributed by atoms with E-state index in [1.165, 1.54) is 6.92 Å². The SMILES string of the molecule is COc1cc(C)ccc1O[C@H](C)C(=O)Nc1ccc(C(C)=O)cc1. The van der Waals surface area contributed by atoms with Gasteiger partial charge in [0.2, 0.25) is 0 Å². The van der Waals surface area contributed by atoms with Gasteiger partial charge in [-0.05, 0) is 62.7 Å². The van der Waals surface area contributed by atoms with E-state index in [1.54, 1.807) is 44.4 Å². The number of ether oxygens (including phenoxy) is 2. The molecule has 1 amide bonds. The lowest BCUT2D eigenvalue weighted by Crippen LogP contribution is -2.30. The summed E-state index contributed by atoms with van der Waals surface area (Å²) in [6, 6.07) is 12.2. The molecule has 1 N–H and O–H groups in total. The van der Waals surface area contributed by atoms with E-state index in [0.717, 1.165) is 5.56 Å². The van der Waals surface area contributed by atoms with Crippen molar-refractivity contribution < 1.29 is 19.1 Å². The van der Waals surface area contributed by atoms with Crippen LogP contribution in [0.4, 0.5) is 5.69 Å². The van der Waals surface area contributed by atoms with Gasteiger partial charge in [-0.15, -0.1) is 0 Å². The highest BCUT2D eigenvalue weighted by Crippen LogP contribution is 2.28. The standard InChI is InChI=1S/C19H21NO4/c1-12-5-10-17(18(11-12)23-4)24-14(3)19(22)20-16-8-6-15(7-9-16)13(2)21/h5-11,14H,1-4H3,(H,20,22)/t14-/m1/s1. The molecular weight excluding hydrogens is 306 g/mol. The zero-order valence-electron chi connectivity index (χ0n) is 14.3. The van der Waals surface area contributed by atoms with Gasteiger partial charge in [0.1, 0.15) is 0 Å². The van der Waals surface area contributed by atoms with Crippen molar-refractivity contribution >= 4 is 17.4 Å². The van der Waals surface area contributed by atoms with Crippen LogP contribution in [0.2, 0.25) is 0 Å².